The number of nitrogens with zero attached hydrogens (tertiary/aromatic N) is 1. The predicted octanol–water partition coefficient (Wildman–Crippen LogP) is 2.87. The number of hydrogen-bond acceptors (Lipinski definition) is 6. The van der Waals surface area contributed by atoms with Crippen LogP contribution in [0.4, 0.5) is 11.4 Å². The number of benzene rings is 2. The molecule has 2 rings (SSSR count). The van der Waals surface area contributed by atoms with Crippen LogP contribution in [0, 0.1) is 10.1 Å². The van der Waals surface area contributed by atoms with Crippen LogP contribution in [0.25, 0.3) is 0 Å². The van der Waals surface area contributed by atoms with Crippen molar-refractivity contribution >= 4 is 17.3 Å². The van der Waals surface area contributed by atoms with E-state index in [1.807, 2.05) is 24.3 Å². The maximum atomic E-state index is 11.8. The number of carbonyl (C=O) groups is 1. The molecule has 0 aliphatic rings. The molecule has 0 bridgehead atoms. The third kappa shape index (κ3) is 4.44. The zero-order valence-corrected chi connectivity index (χ0v) is 12.5. The van der Waals surface area contributed by atoms with Gasteiger partial charge in [-0.3, -0.25) is 10.1 Å². The standard InChI is InChI=1S/C16H16N2O5/c1-22-15-5-3-2-4-14(15)17-10-11-23-16(19)12-6-8-13(9-7-12)18(20)21/h2-9,17H,10-11H2,1H3. The van der Waals surface area contributed by atoms with Gasteiger partial charge in [-0.2, -0.15) is 0 Å². The quantitative estimate of drug-likeness (QED) is 0.365. The maximum Gasteiger partial charge on any atom is 0.338 e. The van der Waals surface area contributed by atoms with Gasteiger partial charge in [0.05, 0.1) is 23.3 Å². The van der Waals surface area contributed by atoms with Crippen molar-refractivity contribution < 1.29 is 19.2 Å². The Kier molecular flexibility index (Phi) is 5.51. The first-order chi connectivity index (χ1) is 11.1. The van der Waals surface area contributed by atoms with Crippen molar-refractivity contribution in [2.45, 2.75) is 0 Å². The van der Waals surface area contributed by atoms with Gasteiger partial charge in [-0.05, 0) is 24.3 Å². The Balaban J connectivity index is 1.81. The molecule has 0 spiro atoms. The van der Waals surface area contributed by atoms with Crippen molar-refractivity contribution in [3.8, 4) is 5.75 Å². The highest BCUT2D eigenvalue weighted by molar-refractivity contribution is 5.89. The lowest BCUT2D eigenvalue weighted by atomic mass is 10.2. The Morgan fingerprint density at radius 1 is 1.17 bits per heavy atom. The van der Waals surface area contributed by atoms with Crippen LogP contribution in [0.5, 0.6) is 5.75 Å². The molecule has 0 saturated carbocycles. The van der Waals surface area contributed by atoms with Crippen molar-refractivity contribution in [1.82, 2.24) is 0 Å². The van der Waals surface area contributed by atoms with E-state index in [-0.39, 0.29) is 17.9 Å². The minimum Gasteiger partial charge on any atom is -0.495 e. The normalized spacial score (nSPS) is 9.96. The Morgan fingerprint density at radius 3 is 2.52 bits per heavy atom. The number of hydrogen-bond donors (Lipinski definition) is 1. The summed E-state index contributed by atoms with van der Waals surface area (Å²) >= 11 is 0. The molecule has 0 fully saturated rings. The highest BCUT2D eigenvalue weighted by atomic mass is 16.6. The topological polar surface area (TPSA) is 90.7 Å². The van der Waals surface area contributed by atoms with E-state index in [0.29, 0.717) is 12.3 Å². The maximum absolute atomic E-state index is 11.8. The van der Waals surface area contributed by atoms with Crippen LogP contribution in [-0.2, 0) is 4.74 Å². The molecular formula is C16H16N2O5. The summed E-state index contributed by atoms with van der Waals surface area (Å²) in [5.74, 6) is 0.177. The average Bonchev–Trinajstić information content (AvgIpc) is 2.59. The van der Waals surface area contributed by atoms with Gasteiger partial charge in [0.2, 0.25) is 0 Å². The highest BCUT2D eigenvalue weighted by Gasteiger charge is 2.10. The first-order valence-corrected chi connectivity index (χ1v) is 6.90. The van der Waals surface area contributed by atoms with E-state index in [4.69, 9.17) is 9.47 Å². The number of nitrogens with one attached hydrogen (secondary N) is 1. The number of nitro groups is 1. The predicted molar refractivity (Wildman–Crippen MR) is 84.9 cm³/mol. The molecule has 0 radical (unpaired) electrons. The number of anilines is 1. The molecule has 0 aromatic heterocycles. The molecule has 0 heterocycles. The lowest BCUT2D eigenvalue weighted by molar-refractivity contribution is -0.384. The van der Waals surface area contributed by atoms with Crippen molar-refractivity contribution in [3.05, 3.63) is 64.2 Å². The molecule has 1 N–H and O–H groups in total. The van der Waals surface area contributed by atoms with Gasteiger partial charge in [0.25, 0.3) is 5.69 Å². The van der Waals surface area contributed by atoms with E-state index in [0.717, 1.165) is 5.69 Å². The minimum atomic E-state index is -0.526. The van der Waals surface area contributed by atoms with E-state index < -0.39 is 10.9 Å². The number of ether oxygens (including phenoxy) is 2. The van der Waals surface area contributed by atoms with Gasteiger partial charge in [-0.25, -0.2) is 4.79 Å². The fourth-order valence-corrected chi connectivity index (χ4v) is 1.92. The lowest BCUT2D eigenvalue weighted by Crippen LogP contribution is -2.14. The molecule has 0 aliphatic carbocycles. The van der Waals surface area contributed by atoms with E-state index in [2.05, 4.69) is 5.32 Å². The molecule has 0 unspecified atom stereocenters. The fourth-order valence-electron chi connectivity index (χ4n) is 1.92. The van der Waals surface area contributed by atoms with Gasteiger partial charge in [-0.15, -0.1) is 0 Å². The molecular weight excluding hydrogens is 300 g/mol. The smallest absolute Gasteiger partial charge is 0.338 e. The van der Waals surface area contributed by atoms with E-state index in [1.165, 1.54) is 24.3 Å². The second-order valence-electron chi connectivity index (χ2n) is 4.57. The van der Waals surface area contributed by atoms with Crippen LogP contribution in [0.1, 0.15) is 10.4 Å². The molecule has 0 amide bonds. The Morgan fingerprint density at radius 2 is 1.87 bits per heavy atom. The highest BCUT2D eigenvalue weighted by Crippen LogP contribution is 2.22. The molecule has 2 aromatic rings. The van der Waals surface area contributed by atoms with Gasteiger partial charge in [0.15, 0.2) is 0 Å². The summed E-state index contributed by atoms with van der Waals surface area (Å²) < 4.78 is 10.3. The molecule has 0 atom stereocenters. The van der Waals surface area contributed by atoms with Gasteiger partial charge < -0.3 is 14.8 Å². The van der Waals surface area contributed by atoms with Gasteiger partial charge in [0.1, 0.15) is 12.4 Å². The summed E-state index contributed by atoms with van der Waals surface area (Å²) in [5.41, 5.74) is 1.01. The Bertz CT molecular complexity index is 685. The Labute approximate surface area is 133 Å². The third-order valence-electron chi connectivity index (χ3n) is 3.07. The van der Waals surface area contributed by atoms with Crippen LogP contribution in [0.3, 0.4) is 0 Å². The number of non-ortho nitro benzene ring substituents is 1. The lowest BCUT2D eigenvalue weighted by Gasteiger charge is -2.11. The van der Waals surface area contributed by atoms with Gasteiger partial charge in [0, 0.05) is 18.7 Å². The van der Waals surface area contributed by atoms with Crippen LogP contribution in [0.2, 0.25) is 0 Å². The molecule has 23 heavy (non-hydrogen) atoms. The molecule has 0 saturated heterocycles. The largest absolute Gasteiger partial charge is 0.495 e. The first-order valence-electron chi connectivity index (χ1n) is 6.90. The molecule has 120 valence electrons. The van der Waals surface area contributed by atoms with Gasteiger partial charge >= 0.3 is 5.97 Å². The van der Waals surface area contributed by atoms with Crippen LogP contribution in [-0.4, -0.2) is 31.2 Å². The summed E-state index contributed by atoms with van der Waals surface area (Å²) in [6, 6.07) is 12.7. The van der Waals surface area contributed by atoms with Crippen LogP contribution < -0.4 is 10.1 Å². The molecule has 2 aromatic carbocycles. The minimum absolute atomic E-state index is 0.0700. The third-order valence-corrected chi connectivity index (χ3v) is 3.07. The fraction of sp³-hybridized carbons (Fsp3) is 0.188. The van der Waals surface area contributed by atoms with Crippen molar-refractivity contribution in [2.75, 3.05) is 25.6 Å². The first kappa shape index (κ1) is 16.3. The van der Waals surface area contributed by atoms with Crippen molar-refractivity contribution in [2.24, 2.45) is 0 Å². The zero-order valence-electron chi connectivity index (χ0n) is 12.5. The molecule has 7 heteroatoms. The number of esters is 1. The summed E-state index contributed by atoms with van der Waals surface area (Å²) in [7, 11) is 1.58. The SMILES string of the molecule is COc1ccccc1NCCOC(=O)c1ccc([N+](=O)[O-])cc1. The number of para-hydroxylation sites is 2. The van der Waals surface area contributed by atoms with Crippen LogP contribution in [0.15, 0.2) is 48.5 Å². The summed E-state index contributed by atoms with van der Waals surface area (Å²) in [5, 5.41) is 13.7. The number of carbonyl (C=O) groups excluding carboxylic acids is 1. The van der Waals surface area contributed by atoms with E-state index in [1.54, 1.807) is 7.11 Å². The summed E-state index contributed by atoms with van der Waals surface area (Å²) in [6.45, 7) is 0.576. The Hall–Kier alpha value is -3.09. The number of nitro benzene ring substituents is 1. The number of rotatable bonds is 7. The second-order valence-corrected chi connectivity index (χ2v) is 4.57. The molecule has 7 nitrogen and oxygen atoms in total. The van der Waals surface area contributed by atoms with Crippen molar-refractivity contribution in [3.63, 3.8) is 0 Å². The monoisotopic (exact) mass is 316 g/mol. The van der Waals surface area contributed by atoms with E-state index in [9.17, 15) is 14.9 Å². The summed E-state index contributed by atoms with van der Waals surface area (Å²) in [6.07, 6.45) is 0. The second kappa shape index (κ2) is 7.79. The average molecular weight is 316 g/mol. The van der Waals surface area contributed by atoms with Crippen molar-refractivity contribution in [1.29, 1.82) is 0 Å². The van der Waals surface area contributed by atoms with Crippen LogP contribution >= 0.6 is 0 Å². The van der Waals surface area contributed by atoms with Gasteiger partial charge in [-0.1, -0.05) is 12.1 Å². The zero-order chi connectivity index (χ0) is 16.7. The summed E-state index contributed by atoms with van der Waals surface area (Å²) in [4.78, 5) is 21.8. The molecule has 0 aliphatic heterocycles. The number of methoxy groups -OCH3 is 1. The van der Waals surface area contributed by atoms with E-state index >= 15 is 0 Å².